The molecule has 0 aliphatic carbocycles. The standard InChI is InChI=1S/C15H15BrN2O3S2/c1-18-7-6-10-8-11(2-3-12(10)18)13(19)9-17-23(20,21)15-5-4-14(16)22-15/h2-8,13,17,19H,9H2,1H3/t13-/m1/s1. The molecule has 1 aromatic carbocycles. The molecule has 0 aliphatic rings. The molecule has 0 radical (unpaired) electrons. The van der Waals surface area contributed by atoms with Gasteiger partial charge >= 0.3 is 0 Å². The van der Waals surface area contributed by atoms with Crippen LogP contribution in [0.2, 0.25) is 0 Å². The number of aryl methyl sites for hydroxylation is 1. The second kappa shape index (κ2) is 6.37. The Bertz CT molecular complexity index is 947. The van der Waals surface area contributed by atoms with Crippen molar-refractivity contribution >= 4 is 48.2 Å². The second-order valence-corrected chi connectivity index (χ2v) is 9.63. The van der Waals surface area contributed by atoms with E-state index in [-0.39, 0.29) is 10.8 Å². The van der Waals surface area contributed by atoms with E-state index in [4.69, 9.17) is 0 Å². The summed E-state index contributed by atoms with van der Waals surface area (Å²) >= 11 is 4.37. The summed E-state index contributed by atoms with van der Waals surface area (Å²) in [7, 11) is -1.66. The van der Waals surface area contributed by atoms with Crippen molar-refractivity contribution in [1.82, 2.24) is 9.29 Å². The second-order valence-electron chi connectivity index (χ2n) is 5.17. The van der Waals surface area contributed by atoms with E-state index in [1.54, 1.807) is 6.07 Å². The topological polar surface area (TPSA) is 71.3 Å². The molecule has 2 N–H and O–H groups in total. The SMILES string of the molecule is Cn1ccc2cc([C@H](O)CNS(=O)(=O)c3ccc(Br)s3)ccc21. The van der Waals surface area contributed by atoms with E-state index in [1.807, 2.05) is 42.1 Å². The fourth-order valence-corrected chi connectivity index (χ4v) is 5.42. The number of hydrogen-bond acceptors (Lipinski definition) is 4. The molecule has 0 spiro atoms. The van der Waals surface area contributed by atoms with Crippen molar-refractivity contribution in [1.29, 1.82) is 0 Å². The van der Waals surface area contributed by atoms with Gasteiger partial charge in [-0.05, 0) is 57.2 Å². The van der Waals surface area contributed by atoms with E-state index in [2.05, 4.69) is 20.7 Å². The zero-order valence-corrected chi connectivity index (χ0v) is 15.5. The highest BCUT2D eigenvalue weighted by atomic mass is 79.9. The zero-order valence-electron chi connectivity index (χ0n) is 12.2. The molecule has 0 unspecified atom stereocenters. The maximum absolute atomic E-state index is 12.2. The Morgan fingerprint density at radius 3 is 2.78 bits per heavy atom. The molecule has 0 amide bonds. The molecular weight excluding hydrogens is 400 g/mol. The van der Waals surface area contributed by atoms with E-state index in [9.17, 15) is 13.5 Å². The summed E-state index contributed by atoms with van der Waals surface area (Å²) in [6.45, 7) is -0.0732. The number of halogens is 1. The van der Waals surface area contributed by atoms with Gasteiger partial charge in [-0.2, -0.15) is 0 Å². The van der Waals surface area contributed by atoms with Gasteiger partial charge in [0.25, 0.3) is 0 Å². The van der Waals surface area contributed by atoms with Crippen molar-refractivity contribution in [2.24, 2.45) is 7.05 Å². The van der Waals surface area contributed by atoms with Crippen molar-refractivity contribution < 1.29 is 13.5 Å². The summed E-state index contributed by atoms with van der Waals surface area (Å²) in [4.78, 5) is 0. The van der Waals surface area contributed by atoms with E-state index >= 15 is 0 Å². The fraction of sp³-hybridized carbons (Fsp3) is 0.200. The van der Waals surface area contributed by atoms with Crippen molar-refractivity contribution in [3.63, 3.8) is 0 Å². The molecule has 2 aromatic heterocycles. The minimum atomic E-state index is -3.61. The number of rotatable bonds is 5. The number of fused-ring (bicyclic) bond motifs is 1. The Morgan fingerprint density at radius 1 is 1.30 bits per heavy atom. The predicted molar refractivity (Wildman–Crippen MR) is 95.1 cm³/mol. The molecule has 0 saturated heterocycles. The first kappa shape index (κ1) is 16.7. The molecule has 3 rings (SSSR count). The maximum Gasteiger partial charge on any atom is 0.250 e. The first-order chi connectivity index (χ1) is 10.9. The van der Waals surface area contributed by atoms with Crippen molar-refractivity contribution in [2.45, 2.75) is 10.3 Å². The Balaban J connectivity index is 1.74. The highest BCUT2D eigenvalue weighted by Gasteiger charge is 2.18. The molecule has 5 nitrogen and oxygen atoms in total. The Morgan fingerprint density at radius 2 is 2.09 bits per heavy atom. The van der Waals surface area contributed by atoms with E-state index in [0.717, 1.165) is 26.0 Å². The van der Waals surface area contributed by atoms with Gasteiger partial charge in [0.2, 0.25) is 10.0 Å². The lowest BCUT2D eigenvalue weighted by Crippen LogP contribution is -2.28. The van der Waals surface area contributed by atoms with Crippen LogP contribution in [0.15, 0.2) is 50.6 Å². The first-order valence-electron chi connectivity index (χ1n) is 6.85. The van der Waals surface area contributed by atoms with Crippen molar-refractivity contribution in [3.8, 4) is 0 Å². The quantitative estimate of drug-likeness (QED) is 0.673. The van der Waals surface area contributed by atoms with E-state index in [1.165, 1.54) is 6.07 Å². The van der Waals surface area contributed by atoms with Crippen LogP contribution in [-0.4, -0.2) is 24.6 Å². The number of benzene rings is 1. The molecule has 0 bridgehead atoms. The third-order valence-electron chi connectivity index (χ3n) is 3.57. The van der Waals surface area contributed by atoms with Gasteiger partial charge in [-0.15, -0.1) is 11.3 Å². The number of aromatic nitrogens is 1. The number of aliphatic hydroxyl groups excluding tert-OH is 1. The lowest BCUT2D eigenvalue weighted by molar-refractivity contribution is 0.182. The maximum atomic E-state index is 12.2. The lowest BCUT2D eigenvalue weighted by atomic mass is 10.1. The summed E-state index contributed by atoms with van der Waals surface area (Å²) in [5.74, 6) is 0. The highest BCUT2D eigenvalue weighted by molar-refractivity contribution is 9.11. The average Bonchev–Trinajstić information content (AvgIpc) is 3.12. The van der Waals surface area contributed by atoms with Gasteiger partial charge in [0.1, 0.15) is 4.21 Å². The average molecular weight is 415 g/mol. The van der Waals surface area contributed by atoms with E-state index < -0.39 is 16.1 Å². The van der Waals surface area contributed by atoms with Gasteiger partial charge in [0.15, 0.2) is 0 Å². The molecule has 0 saturated carbocycles. The van der Waals surface area contributed by atoms with Crippen LogP contribution < -0.4 is 4.72 Å². The monoisotopic (exact) mass is 414 g/mol. The Labute approximate surface area is 146 Å². The molecule has 1 atom stereocenters. The van der Waals surface area contributed by atoms with Crippen LogP contribution >= 0.6 is 27.3 Å². The summed E-state index contributed by atoms with van der Waals surface area (Å²) < 4.78 is 29.7. The minimum Gasteiger partial charge on any atom is -0.387 e. The highest BCUT2D eigenvalue weighted by Crippen LogP contribution is 2.26. The van der Waals surface area contributed by atoms with Gasteiger partial charge in [-0.25, -0.2) is 13.1 Å². The van der Waals surface area contributed by atoms with Crippen molar-refractivity contribution in [2.75, 3.05) is 6.54 Å². The van der Waals surface area contributed by atoms with Gasteiger partial charge in [0.05, 0.1) is 9.89 Å². The summed E-state index contributed by atoms with van der Waals surface area (Å²) in [5, 5.41) is 11.3. The molecule has 8 heteroatoms. The summed E-state index contributed by atoms with van der Waals surface area (Å²) in [6, 6.07) is 10.8. The number of aliphatic hydroxyl groups is 1. The zero-order chi connectivity index (χ0) is 16.6. The van der Waals surface area contributed by atoms with Crippen molar-refractivity contribution in [3.05, 3.63) is 51.9 Å². The summed E-state index contributed by atoms with van der Waals surface area (Å²) in [6.07, 6.45) is 1.04. The minimum absolute atomic E-state index is 0.0732. The van der Waals surface area contributed by atoms with Gasteiger partial charge in [-0.3, -0.25) is 0 Å². The smallest absolute Gasteiger partial charge is 0.250 e. The number of hydrogen-bond donors (Lipinski definition) is 2. The van der Waals surface area contributed by atoms with Gasteiger partial charge in [0, 0.05) is 25.3 Å². The largest absolute Gasteiger partial charge is 0.387 e. The van der Waals surface area contributed by atoms with Crippen LogP contribution in [-0.2, 0) is 17.1 Å². The van der Waals surface area contributed by atoms with Crippen LogP contribution in [0.5, 0.6) is 0 Å². The molecule has 23 heavy (non-hydrogen) atoms. The third-order valence-corrected chi connectivity index (χ3v) is 7.11. The number of nitrogens with one attached hydrogen (secondary N) is 1. The Kier molecular flexibility index (Phi) is 4.61. The van der Waals surface area contributed by atoms with Gasteiger partial charge in [-0.1, -0.05) is 6.07 Å². The third kappa shape index (κ3) is 3.51. The number of thiophene rings is 1. The van der Waals surface area contributed by atoms with Crippen LogP contribution in [0.3, 0.4) is 0 Å². The van der Waals surface area contributed by atoms with Crippen LogP contribution in [0.25, 0.3) is 10.9 Å². The lowest BCUT2D eigenvalue weighted by Gasteiger charge is -2.12. The molecule has 122 valence electrons. The van der Waals surface area contributed by atoms with E-state index in [0.29, 0.717) is 5.56 Å². The predicted octanol–water partition coefficient (Wildman–Crippen LogP) is 3.01. The normalized spacial score (nSPS) is 13.5. The van der Waals surface area contributed by atoms with Crippen LogP contribution in [0.4, 0.5) is 0 Å². The summed E-state index contributed by atoms with van der Waals surface area (Å²) in [5.41, 5.74) is 1.74. The fourth-order valence-electron chi connectivity index (χ4n) is 2.33. The van der Waals surface area contributed by atoms with Crippen LogP contribution in [0.1, 0.15) is 11.7 Å². The molecule has 0 fully saturated rings. The number of sulfonamides is 1. The molecule has 0 aliphatic heterocycles. The van der Waals surface area contributed by atoms with Gasteiger partial charge < -0.3 is 9.67 Å². The van der Waals surface area contributed by atoms with Crippen LogP contribution in [0, 0.1) is 0 Å². The number of nitrogens with zero attached hydrogens (tertiary/aromatic N) is 1. The molecule has 3 aromatic rings. The Hall–Kier alpha value is -1.19. The molecular formula is C15H15BrN2O3S2. The molecule has 2 heterocycles. The first-order valence-corrected chi connectivity index (χ1v) is 9.94.